The molecule has 0 aliphatic rings. The van der Waals surface area contributed by atoms with Crippen LogP contribution in [0.2, 0.25) is 0 Å². The number of carbonyl (C=O) groups excluding carboxylic acids is 2. The molecule has 27 heavy (non-hydrogen) atoms. The van der Waals surface area contributed by atoms with E-state index in [9.17, 15) is 22.8 Å². The van der Waals surface area contributed by atoms with Crippen molar-refractivity contribution in [2.45, 2.75) is 19.3 Å². The number of rotatable bonds is 7. The first-order valence-corrected chi connectivity index (χ1v) is 7.91. The number of alkyl halides is 3. The van der Waals surface area contributed by atoms with Gasteiger partial charge in [-0.25, -0.2) is 9.78 Å². The molecule has 2 rings (SSSR count). The fourth-order valence-corrected chi connectivity index (χ4v) is 2.38. The van der Waals surface area contributed by atoms with Gasteiger partial charge in [-0.1, -0.05) is 0 Å². The van der Waals surface area contributed by atoms with Crippen LogP contribution in [0.4, 0.5) is 18.9 Å². The number of halogens is 3. The minimum Gasteiger partial charge on any atom is -0.465 e. The molecule has 1 aromatic heterocycles. The summed E-state index contributed by atoms with van der Waals surface area (Å²) < 4.78 is 43.2. The molecular weight excluding hydrogens is 365 g/mol. The molecule has 0 radical (unpaired) electrons. The maximum absolute atomic E-state index is 12.5. The molecule has 0 saturated carbocycles. The zero-order valence-corrected chi connectivity index (χ0v) is 14.8. The third-order valence-electron chi connectivity index (χ3n) is 3.57. The van der Waals surface area contributed by atoms with Gasteiger partial charge in [0, 0.05) is 18.1 Å². The monoisotopic (exact) mass is 384 g/mol. The van der Waals surface area contributed by atoms with Gasteiger partial charge in [-0.2, -0.15) is 13.2 Å². The topological polar surface area (TPSA) is 76.5 Å². The number of methoxy groups -OCH3 is 1. The number of ether oxygens (including phenoxy) is 1. The second-order valence-electron chi connectivity index (χ2n) is 5.88. The Labute approximate surface area is 153 Å². The van der Waals surface area contributed by atoms with Crippen LogP contribution in [-0.2, 0) is 22.6 Å². The SMILES string of the molecule is COC(=O)c1ccc(NC(=O)CN(C)Cc2nccn2CC(F)(F)F)cc1. The quantitative estimate of drug-likeness (QED) is 0.742. The van der Waals surface area contributed by atoms with Gasteiger partial charge < -0.3 is 14.6 Å². The normalized spacial score (nSPS) is 11.5. The van der Waals surface area contributed by atoms with E-state index < -0.39 is 18.7 Å². The van der Waals surface area contributed by atoms with E-state index in [2.05, 4.69) is 15.0 Å². The average Bonchev–Trinajstić information content (AvgIpc) is 2.99. The van der Waals surface area contributed by atoms with Crippen LogP contribution in [0.25, 0.3) is 0 Å². The maximum atomic E-state index is 12.5. The number of carbonyl (C=O) groups is 2. The molecule has 1 amide bonds. The highest BCUT2D eigenvalue weighted by Crippen LogP contribution is 2.18. The minimum atomic E-state index is -4.35. The van der Waals surface area contributed by atoms with Crippen LogP contribution in [0.15, 0.2) is 36.7 Å². The van der Waals surface area contributed by atoms with E-state index in [-0.39, 0.29) is 24.8 Å². The molecule has 1 aromatic carbocycles. The summed E-state index contributed by atoms with van der Waals surface area (Å²) in [6.07, 6.45) is -1.81. The minimum absolute atomic E-state index is 0.0440. The molecule has 0 unspecified atom stereocenters. The number of hydrogen-bond acceptors (Lipinski definition) is 5. The predicted molar refractivity (Wildman–Crippen MR) is 91.0 cm³/mol. The van der Waals surface area contributed by atoms with Crippen LogP contribution >= 0.6 is 0 Å². The lowest BCUT2D eigenvalue weighted by Gasteiger charge is -2.17. The summed E-state index contributed by atoms with van der Waals surface area (Å²) in [4.78, 5) is 28.9. The molecule has 7 nitrogen and oxygen atoms in total. The van der Waals surface area contributed by atoms with Crippen LogP contribution in [0.3, 0.4) is 0 Å². The number of benzene rings is 1. The first kappa shape index (κ1) is 20.4. The number of imidazole rings is 1. The van der Waals surface area contributed by atoms with E-state index in [1.165, 1.54) is 31.6 Å². The zero-order chi connectivity index (χ0) is 20.0. The predicted octanol–water partition coefficient (Wildman–Crippen LogP) is 2.30. The van der Waals surface area contributed by atoms with Crippen LogP contribution in [-0.4, -0.2) is 53.2 Å². The Morgan fingerprint density at radius 1 is 1.26 bits per heavy atom. The van der Waals surface area contributed by atoms with Crippen LogP contribution in [0.1, 0.15) is 16.2 Å². The number of hydrogen-bond donors (Lipinski definition) is 1. The lowest BCUT2D eigenvalue weighted by Crippen LogP contribution is -2.31. The molecule has 0 saturated heterocycles. The summed E-state index contributed by atoms with van der Waals surface area (Å²) in [6, 6.07) is 6.14. The van der Waals surface area contributed by atoms with Gasteiger partial charge in [-0.3, -0.25) is 9.69 Å². The van der Waals surface area contributed by atoms with E-state index in [4.69, 9.17) is 0 Å². The molecule has 146 valence electrons. The van der Waals surface area contributed by atoms with Crippen molar-refractivity contribution >= 4 is 17.6 Å². The second kappa shape index (κ2) is 8.67. The van der Waals surface area contributed by atoms with Crippen molar-refractivity contribution in [3.05, 3.63) is 48.0 Å². The molecule has 2 aromatic rings. The summed E-state index contributed by atoms with van der Waals surface area (Å²) in [6.45, 7) is -1.09. The molecule has 0 aliphatic carbocycles. The van der Waals surface area contributed by atoms with Crippen molar-refractivity contribution in [2.24, 2.45) is 0 Å². The molecule has 0 fully saturated rings. The third kappa shape index (κ3) is 6.41. The van der Waals surface area contributed by atoms with E-state index in [1.54, 1.807) is 24.1 Å². The molecule has 1 N–H and O–H groups in total. The molecule has 0 bridgehead atoms. The number of nitrogens with zero attached hydrogens (tertiary/aromatic N) is 3. The van der Waals surface area contributed by atoms with Crippen molar-refractivity contribution in [3.8, 4) is 0 Å². The van der Waals surface area contributed by atoms with Gasteiger partial charge in [0.15, 0.2) is 0 Å². The molecule has 0 aliphatic heterocycles. The number of likely N-dealkylation sites (N-methyl/N-ethyl adjacent to an activating group) is 1. The molecule has 0 atom stereocenters. The number of anilines is 1. The standard InChI is InChI=1S/C17H19F3N4O3/c1-23(9-14-21-7-8-24(14)11-17(18,19)20)10-15(25)22-13-5-3-12(4-6-13)16(26)27-2/h3-8H,9-11H2,1-2H3,(H,22,25). The van der Waals surface area contributed by atoms with Crippen molar-refractivity contribution in [3.63, 3.8) is 0 Å². The molecule has 1 heterocycles. The number of amides is 1. The Morgan fingerprint density at radius 2 is 1.93 bits per heavy atom. The van der Waals surface area contributed by atoms with Gasteiger partial charge in [0.25, 0.3) is 0 Å². The van der Waals surface area contributed by atoms with Crippen molar-refractivity contribution in [1.82, 2.24) is 14.5 Å². The number of esters is 1. The molecular formula is C17H19F3N4O3. The summed E-state index contributed by atoms with van der Waals surface area (Å²) in [5.41, 5.74) is 0.837. The first-order valence-electron chi connectivity index (χ1n) is 7.91. The van der Waals surface area contributed by atoms with Gasteiger partial charge in [-0.05, 0) is 31.3 Å². The van der Waals surface area contributed by atoms with Crippen molar-refractivity contribution < 1.29 is 27.5 Å². The van der Waals surface area contributed by atoms with E-state index >= 15 is 0 Å². The Balaban J connectivity index is 1.89. The van der Waals surface area contributed by atoms with Gasteiger partial charge in [0.05, 0.1) is 25.8 Å². The van der Waals surface area contributed by atoms with Crippen LogP contribution in [0, 0.1) is 0 Å². The highest BCUT2D eigenvalue weighted by molar-refractivity contribution is 5.93. The number of aromatic nitrogens is 2. The summed E-state index contributed by atoms with van der Waals surface area (Å²) in [5, 5.41) is 2.65. The molecule has 10 heteroatoms. The van der Waals surface area contributed by atoms with E-state index in [1.807, 2.05) is 0 Å². The first-order chi connectivity index (χ1) is 12.7. The molecule has 0 spiro atoms. The van der Waals surface area contributed by atoms with Gasteiger partial charge in [0.1, 0.15) is 12.4 Å². The highest BCUT2D eigenvalue weighted by Gasteiger charge is 2.29. The van der Waals surface area contributed by atoms with E-state index in [0.717, 1.165) is 4.57 Å². The fraction of sp³-hybridized carbons (Fsp3) is 0.353. The van der Waals surface area contributed by atoms with E-state index in [0.29, 0.717) is 11.3 Å². The third-order valence-corrected chi connectivity index (χ3v) is 3.57. The van der Waals surface area contributed by atoms with Gasteiger partial charge in [0.2, 0.25) is 5.91 Å². The van der Waals surface area contributed by atoms with Crippen LogP contribution < -0.4 is 5.32 Å². The lowest BCUT2D eigenvalue weighted by molar-refractivity contribution is -0.141. The largest absolute Gasteiger partial charge is 0.465 e. The van der Waals surface area contributed by atoms with Crippen molar-refractivity contribution in [2.75, 3.05) is 26.0 Å². The summed E-state index contributed by atoms with van der Waals surface area (Å²) in [7, 11) is 2.88. The summed E-state index contributed by atoms with van der Waals surface area (Å²) >= 11 is 0. The fourth-order valence-electron chi connectivity index (χ4n) is 2.38. The maximum Gasteiger partial charge on any atom is 0.406 e. The van der Waals surface area contributed by atoms with Gasteiger partial charge >= 0.3 is 12.1 Å². The second-order valence-corrected chi connectivity index (χ2v) is 5.88. The summed E-state index contributed by atoms with van der Waals surface area (Å²) in [5.74, 6) is -0.621. The Kier molecular flexibility index (Phi) is 6.56. The number of nitrogens with one attached hydrogen (secondary N) is 1. The van der Waals surface area contributed by atoms with Gasteiger partial charge in [-0.15, -0.1) is 0 Å². The van der Waals surface area contributed by atoms with Crippen LogP contribution in [0.5, 0.6) is 0 Å². The Morgan fingerprint density at radius 3 is 2.52 bits per heavy atom. The Hall–Kier alpha value is -2.88. The Bertz CT molecular complexity index is 787. The van der Waals surface area contributed by atoms with Crippen molar-refractivity contribution in [1.29, 1.82) is 0 Å². The highest BCUT2D eigenvalue weighted by atomic mass is 19.4. The lowest BCUT2D eigenvalue weighted by atomic mass is 10.2. The zero-order valence-electron chi connectivity index (χ0n) is 14.8. The smallest absolute Gasteiger partial charge is 0.406 e. The average molecular weight is 384 g/mol.